The second-order valence-electron chi connectivity index (χ2n) is 2.91. The maximum atomic E-state index is 8.92. The van der Waals surface area contributed by atoms with Crippen LogP contribution in [0.1, 0.15) is 19.7 Å². The molecule has 78 valence electrons. The van der Waals surface area contributed by atoms with Gasteiger partial charge in [-0.15, -0.1) is 11.8 Å². The van der Waals surface area contributed by atoms with Crippen molar-refractivity contribution in [3.63, 3.8) is 0 Å². The summed E-state index contributed by atoms with van der Waals surface area (Å²) in [7, 11) is 0. The zero-order chi connectivity index (χ0) is 10.6. The highest BCUT2D eigenvalue weighted by Gasteiger charge is 2.06. The predicted molar refractivity (Wildman–Crippen MR) is 61.5 cm³/mol. The molecule has 0 fully saturated rings. The van der Waals surface area contributed by atoms with Crippen molar-refractivity contribution in [3.05, 3.63) is 16.5 Å². The van der Waals surface area contributed by atoms with Crippen LogP contribution in [0.2, 0.25) is 0 Å². The summed E-state index contributed by atoms with van der Waals surface area (Å²) in [5.74, 6) is 0.826. The molecule has 0 aliphatic heterocycles. The third kappa shape index (κ3) is 3.55. The Morgan fingerprint density at radius 3 is 2.86 bits per heavy atom. The number of aryl methyl sites for hydroxylation is 1. The van der Waals surface area contributed by atoms with E-state index in [-0.39, 0.29) is 11.9 Å². The molecule has 0 spiro atoms. The second-order valence-corrected chi connectivity index (χ2v) is 5.18. The molecule has 0 aliphatic carbocycles. The highest BCUT2D eigenvalue weighted by molar-refractivity contribution is 9.10. The molecule has 1 N–H and O–H groups in total. The van der Waals surface area contributed by atoms with Gasteiger partial charge >= 0.3 is 0 Å². The SMILES string of the molecule is CCc1nc(Br)cc(SC(C)CO)n1. The van der Waals surface area contributed by atoms with Crippen LogP contribution >= 0.6 is 27.7 Å². The third-order valence-electron chi connectivity index (χ3n) is 1.61. The van der Waals surface area contributed by atoms with Gasteiger partial charge in [0.2, 0.25) is 0 Å². The highest BCUT2D eigenvalue weighted by atomic mass is 79.9. The normalized spacial score (nSPS) is 12.9. The molecule has 0 saturated carbocycles. The summed E-state index contributed by atoms with van der Waals surface area (Å²) >= 11 is 4.89. The topological polar surface area (TPSA) is 46.0 Å². The fourth-order valence-corrected chi connectivity index (χ4v) is 2.30. The number of halogens is 1. The molecule has 0 amide bonds. The van der Waals surface area contributed by atoms with Crippen molar-refractivity contribution < 1.29 is 5.11 Å². The van der Waals surface area contributed by atoms with Crippen molar-refractivity contribution in [1.29, 1.82) is 0 Å². The Kier molecular flexibility index (Phi) is 4.84. The number of aromatic nitrogens is 2. The Labute approximate surface area is 96.5 Å². The lowest BCUT2D eigenvalue weighted by Gasteiger charge is -2.07. The van der Waals surface area contributed by atoms with Gasteiger partial charge in [0.25, 0.3) is 0 Å². The van der Waals surface area contributed by atoms with Crippen LogP contribution in [0.3, 0.4) is 0 Å². The van der Waals surface area contributed by atoms with Crippen LogP contribution in [0.25, 0.3) is 0 Å². The van der Waals surface area contributed by atoms with E-state index in [9.17, 15) is 0 Å². The maximum absolute atomic E-state index is 8.92. The number of aliphatic hydroxyl groups is 1. The minimum atomic E-state index is 0.160. The van der Waals surface area contributed by atoms with Crippen LogP contribution < -0.4 is 0 Å². The van der Waals surface area contributed by atoms with Gasteiger partial charge in [-0.1, -0.05) is 13.8 Å². The average Bonchev–Trinajstić information content (AvgIpc) is 2.16. The van der Waals surface area contributed by atoms with E-state index in [1.165, 1.54) is 0 Å². The fourth-order valence-electron chi connectivity index (χ4n) is 0.904. The van der Waals surface area contributed by atoms with Gasteiger partial charge in [0.15, 0.2) is 0 Å². The third-order valence-corrected chi connectivity index (χ3v) is 3.02. The van der Waals surface area contributed by atoms with Crippen molar-refractivity contribution in [2.75, 3.05) is 6.61 Å². The number of hydrogen-bond acceptors (Lipinski definition) is 4. The number of thioether (sulfide) groups is 1. The van der Waals surface area contributed by atoms with E-state index in [0.29, 0.717) is 0 Å². The van der Waals surface area contributed by atoms with Crippen LogP contribution in [0.4, 0.5) is 0 Å². The molecule has 1 rings (SSSR count). The van der Waals surface area contributed by atoms with Crippen molar-refractivity contribution in [2.24, 2.45) is 0 Å². The Bertz CT molecular complexity index is 309. The van der Waals surface area contributed by atoms with E-state index < -0.39 is 0 Å². The van der Waals surface area contributed by atoms with Crippen LogP contribution in [0, 0.1) is 0 Å². The summed E-state index contributed by atoms with van der Waals surface area (Å²) in [5, 5.41) is 9.99. The predicted octanol–water partition coefficient (Wildman–Crippen LogP) is 2.27. The molecule has 1 aromatic rings. The summed E-state index contributed by atoms with van der Waals surface area (Å²) in [5.41, 5.74) is 0. The Morgan fingerprint density at radius 2 is 2.29 bits per heavy atom. The molecule has 0 saturated heterocycles. The van der Waals surface area contributed by atoms with E-state index in [1.807, 2.05) is 19.9 Å². The van der Waals surface area contributed by atoms with Crippen molar-refractivity contribution >= 4 is 27.7 Å². The molecule has 0 radical (unpaired) electrons. The summed E-state index contributed by atoms with van der Waals surface area (Å²) in [4.78, 5) is 8.57. The lowest BCUT2D eigenvalue weighted by molar-refractivity contribution is 0.300. The first-order valence-electron chi connectivity index (χ1n) is 4.46. The average molecular weight is 277 g/mol. The molecule has 1 atom stereocenters. The van der Waals surface area contributed by atoms with E-state index in [4.69, 9.17) is 5.11 Å². The maximum Gasteiger partial charge on any atom is 0.130 e. The Hall–Kier alpha value is -0.130. The first-order valence-corrected chi connectivity index (χ1v) is 6.14. The van der Waals surface area contributed by atoms with Gasteiger partial charge in [0.05, 0.1) is 6.61 Å². The molecule has 3 nitrogen and oxygen atoms in total. The minimum Gasteiger partial charge on any atom is -0.395 e. The van der Waals surface area contributed by atoms with Crippen molar-refractivity contribution in [3.8, 4) is 0 Å². The minimum absolute atomic E-state index is 0.160. The molecule has 1 aromatic heterocycles. The zero-order valence-electron chi connectivity index (χ0n) is 8.20. The lowest BCUT2D eigenvalue weighted by Crippen LogP contribution is -2.03. The quantitative estimate of drug-likeness (QED) is 0.677. The Morgan fingerprint density at radius 1 is 1.57 bits per heavy atom. The number of nitrogens with zero attached hydrogens (tertiary/aromatic N) is 2. The van der Waals surface area contributed by atoms with Gasteiger partial charge in [0, 0.05) is 17.7 Å². The molecule has 0 aromatic carbocycles. The zero-order valence-corrected chi connectivity index (χ0v) is 10.6. The summed E-state index contributed by atoms with van der Waals surface area (Å²) in [6, 6.07) is 1.87. The molecule has 0 aliphatic rings. The van der Waals surface area contributed by atoms with Gasteiger partial charge in [-0.3, -0.25) is 0 Å². The number of hydrogen-bond donors (Lipinski definition) is 1. The van der Waals surface area contributed by atoms with E-state index in [2.05, 4.69) is 25.9 Å². The van der Waals surface area contributed by atoms with Gasteiger partial charge in [-0.2, -0.15) is 0 Å². The van der Waals surface area contributed by atoms with E-state index in [1.54, 1.807) is 11.8 Å². The first kappa shape index (κ1) is 11.9. The van der Waals surface area contributed by atoms with E-state index >= 15 is 0 Å². The molecule has 14 heavy (non-hydrogen) atoms. The molecular formula is C9H13BrN2OS. The molecule has 1 unspecified atom stereocenters. The van der Waals surface area contributed by atoms with Crippen molar-refractivity contribution in [2.45, 2.75) is 30.5 Å². The van der Waals surface area contributed by atoms with Crippen LogP contribution in [-0.2, 0) is 6.42 Å². The summed E-state index contributed by atoms with van der Waals surface area (Å²) in [6.07, 6.45) is 0.820. The molecule has 0 bridgehead atoms. The molecule has 5 heteroatoms. The van der Waals surface area contributed by atoms with Gasteiger partial charge < -0.3 is 5.11 Å². The Balaban J connectivity index is 2.81. The summed E-state index contributed by atoms with van der Waals surface area (Å²) < 4.78 is 0.803. The van der Waals surface area contributed by atoms with Gasteiger partial charge in [-0.25, -0.2) is 9.97 Å². The smallest absolute Gasteiger partial charge is 0.130 e. The highest BCUT2D eigenvalue weighted by Crippen LogP contribution is 2.23. The first-order chi connectivity index (χ1) is 6.65. The van der Waals surface area contributed by atoms with Crippen molar-refractivity contribution in [1.82, 2.24) is 9.97 Å². The monoisotopic (exact) mass is 276 g/mol. The summed E-state index contributed by atoms with van der Waals surface area (Å²) in [6.45, 7) is 4.14. The largest absolute Gasteiger partial charge is 0.395 e. The van der Waals surface area contributed by atoms with E-state index in [0.717, 1.165) is 21.9 Å². The second kappa shape index (κ2) is 5.68. The molecule has 1 heterocycles. The van der Waals surface area contributed by atoms with Gasteiger partial charge in [0.1, 0.15) is 15.5 Å². The van der Waals surface area contributed by atoms with Gasteiger partial charge in [-0.05, 0) is 15.9 Å². The van der Waals surface area contributed by atoms with Crippen LogP contribution in [0.5, 0.6) is 0 Å². The fraction of sp³-hybridized carbons (Fsp3) is 0.556. The molecular weight excluding hydrogens is 264 g/mol. The number of rotatable bonds is 4. The standard InChI is InChI=1S/C9H13BrN2OS/c1-3-8-11-7(10)4-9(12-8)14-6(2)5-13/h4,6,13H,3,5H2,1-2H3. The van der Waals surface area contributed by atoms with Crippen LogP contribution in [-0.4, -0.2) is 26.9 Å². The van der Waals surface area contributed by atoms with Crippen LogP contribution in [0.15, 0.2) is 15.7 Å². The lowest BCUT2D eigenvalue weighted by atomic mass is 10.4. The number of aliphatic hydroxyl groups excluding tert-OH is 1.